The minimum atomic E-state index is -0.624. The van der Waals surface area contributed by atoms with Gasteiger partial charge in [0, 0.05) is 20.0 Å². The van der Waals surface area contributed by atoms with Gasteiger partial charge in [0.1, 0.15) is 6.10 Å². The first kappa shape index (κ1) is 13.8. The summed E-state index contributed by atoms with van der Waals surface area (Å²) in [6, 6.07) is 13.9. The van der Waals surface area contributed by atoms with E-state index in [1.165, 1.54) is 5.56 Å². The molecule has 108 valence electrons. The van der Waals surface area contributed by atoms with E-state index in [0.717, 1.165) is 22.3 Å². The third-order valence-electron chi connectivity index (χ3n) is 4.07. The van der Waals surface area contributed by atoms with Gasteiger partial charge in [0.15, 0.2) is 0 Å². The van der Waals surface area contributed by atoms with Gasteiger partial charge in [0.05, 0.1) is 0 Å². The van der Waals surface area contributed by atoms with Crippen molar-refractivity contribution in [3.63, 3.8) is 0 Å². The minimum Gasteiger partial charge on any atom is -0.384 e. The van der Waals surface area contributed by atoms with E-state index >= 15 is 0 Å². The molecule has 1 aliphatic rings. The summed E-state index contributed by atoms with van der Waals surface area (Å²) in [7, 11) is 0. The van der Waals surface area contributed by atoms with Crippen LogP contribution in [-0.4, -0.2) is 15.9 Å². The third kappa shape index (κ3) is 2.69. The van der Waals surface area contributed by atoms with E-state index in [0.29, 0.717) is 13.1 Å². The van der Waals surface area contributed by atoms with Crippen LogP contribution in [0.25, 0.3) is 0 Å². The molecule has 0 saturated heterocycles. The zero-order valence-electron chi connectivity index (χ0n) is 12.3. The Labute approximate surface area is 124 Å². The van der Waals surface area contributed by atoms with E-state index in [1.807, 2.05) is 54.3 Å². The van der Waals surface area contributed by atoms with E-state index in [2.05, 4.69) is 0 Å². The summed E-state index contributed by atoms with van der Waals surface area (Å²) in [4.78, 5) is 13.3. The van der Waals surface area contributed by atoms with Crippen LogP contribution in [0.4, 0.5) is 0 Å². The Morgan fingerprint density at radius 2 is 1.81 bits per heavy atom. The van der Waals surface area contributed by atoms with Crippen molar-refractivity contribution in [2.75, 3.05) is 0 Å². The number of amides is 1. The minimum absolute atomic E-state index is 0.0898. The summed E-state index contributed by atoms with van der Waals surface area (Å²) < 4.78 is 0. The fourth-order valence-corrected chi connectivity index (χ4v) is 2.84. The molecule has 1 amide bonds. The Kier molecular flexibility index (Phi) is 3.52. The number of rotatable bonds is 2. The number of nitrogens with zero attached hydrogens (tertiary/aromatic N) is 1. The fourth-order valence-electron chi connectivity index (χ4n) is 2.84. The summed E-state index contributed by atoms with van der Waals surface area (Å²) >= 11 is 0. The Hall–Kier alpha value is -2.13. The van der Waals surface area contributed by atoms with Crippen molar-refractivity contribution in [2.45, 2.75) is 33.0 Å². The van der Waals surface area contributed by atoms with Crippen molar-refractivity contribution in [1.82, 2.24) is 4.90 Å². The molecule has 3 nitrogen and oxygen atoms in total. The van der Waals surface area contributed by atoms with Crippen molar-refractivity contribution in [1.29, 1.82) is 0 Å². The highest BCUT2D eigenvalue weighted by Gasteiger charge is 2.22. The van der Waals surface area contributed by atoms with Gasteiger partial charge in [-0.05, 0) is 29.2 Å². The fraction of sp³-hybridized carbons (Fsp3) is 0.278. The lowest BCUT2D eigenvalue weighted by molar-refractivity contribution is -0.129. The van der Waals surface area contributed by atoms with Gasteiger partial charge in [-0.3, -0.25) is 4.79 Å². The van der Waals surface area contributed by atoms with Crippen LogP contribution >= 0.6 is 0 Å². The van der Waals surface area contributed by atoms with Crippen LogP contribution in [0.5, 0.6) is 0 Å². The van der Waals surface area contributed by atoms with Gasteiger partial charge in [-0.1, -0.05) is 48.0 Å². The lowest BCUT2D eigenvalue weighted by Crippen LogP contribution is -2.21. The molecular formula is C18H19NO2. The monoisotopic (exact) mass is 281 g/mol. The Balaban J connectivity index is 1.89. The van der Waals surface area contributed by atoms with Crippen LogP contribution < -0.4 is 0 Å². The van der Waals surface area contributed by atoms with Crippen LogP contribution in [0.3, 0.4) is 0 Å². The molecule has 1 atom stereocenters. The number of carbonyl (C=O) groups excluding carboxylic acids is 1. The Morgan fingerprint density at radius 1 is 1.10 bits per heavy atom. The highest BCUT2D eigenvalue weighted by atomic mass is 16.3. The van der Waals surface area contributed by atoms with Crippen LogP contribution in [0.15, 0.2) is 42.5 Å². The van der Waals surface area contributed by atoms with E-state index in [1.54, 1.807) is 6.92 Å². The number of benzene rings is 2. The van der Waals surface area contributed by atoms with Gasteiger partial charge in [-0.25, -0.2) is 0 Å². The zero-order chi connectivity index (χ0) is 15.0. The molecule has 0 aromatic heterocycles. The summed E-state index contributed by atoms with van der Waals surface area (Å²) in [5, 5.41) is 10.5. The predicted molar refractivity (Wildman–Crippen MR) is 81.6 cm³/mol. The first-order valence-electron chi connectivity index (χ1n) is 7.16. The van der Waals surface area contributed by atoms with Crippen molar-refractivity contribution in [3.8, 4) is 0 Å². The van der Waals surface area contributed by atoms with Crippen molar-refractivity contribution in [3.05, 3.63) is 70.3 Å². The number of hydrogen-bond acceptors (Lipinski definition) is 2. The van der Waals surface area contributed by atoms with Crippen LogP contribution in [0.1, 0.15) is 40.8 Å². The maximum Gasteiger partial charge on any atom is 0.220 e. The summed E-state index contributed by atoms with van der Waals surface area (Å²) in [6.07, 6.45) is -0.624. The molecule has 0 fully saturated rings. The van der Waals surface area contributed by atoms with E-state index < -0.39 is 6.10 Å². The number of hydrogen-bond donors (Lipinski definition) is 1. The molecule has 3 heteroatoms. The van der Waals surface area contributed by atoms with Gasteiger partial charge in [-0.15, -0.1) is 0 Å². The molecule has 3 rings (SSSR count). The first-order chi connectivity index (χ1) is 10.0. The molecule has 1 N–H and O–H groups in total. The number of aliphatic hydroxyl groups is 1. The topological polar surface area (TPSA) is 40.5 Å². The van der Waals surface area contributed by atoms with E-state index in [9.17, 15) is 9.90 Å². The molecule has 1 heterocycles. The van der Waals surface area contributed by atoms with Gasteiger partial charge in [-0.2, -0.15) is 0 Å². The average Bonchev–Trinajstić information content (AvgIpc) is 2.89. The second-order valence-corrected chi connectivity index (χ2v) is 5.72. The summed E-state index contributed by atoms with van der Waals surface area (Å²) in [6.45, 7) is 4.92. The molecule has 0 spiro atoms. The highest BCUT2D eigenvalue weighted by Crippen LogP contribution is 2.29. The molecule has 0 saturated carbocycles. The normalized spacial score (nSPS) is 14.9. The molecule has 21 heavy (non-hydrogen) atoms. The zero-order valence-corrected chi connectivity index (χ0v) is 12.3. The third-order valence-corrected chi connectivity index (χ3v) is 4.07. The summed E-state index contributed by atoms with van der Waals surface area (Å²) in [5.74, 6) is 0.0898. The number of carbonyl (C=O) groups is 1. The second-order valence-electron chi connectivity index (χ2n) is 5.72. The lowest BCUT2D eigenvalue weighted by Gasteiger charge is -2.13. The molecule has 0 radical (unpaired) electrons. The van der Waals surface area contributed by atoms with Crippen LogP contribution in [0, 0.1) is 6.92 Å². The molecular weight excluding hydrogens is 262 g/mol. The van der Waals surface area contributed by atoms with Crippen LogP contribution in [0.2, 0.25) is 0 Å². The number of aryl methyl sites for hydroxylation is 1. The van der Waals surface area contributed by atoms with E-state index in [-0.39, 0.29) is 5.91 Å². The standard InChI is InChI=1S/C18H19NO2/c1-12-4-3-5-14(8-12)18(21)15-6-7-16-10-19(13(2)20)11-17(16)9-15/h3-9,18,21H,10-11H2,1-2H3. The van der Waals surface area contributed by atoms with Gasteiger partial charge in [0.25, 0.3) is 0 Å². The summed E-state index contributed by atoms with van der Waals surface area (Å²) in [5.41, 5.74) is 5.22. The molecule has 2 aromatic rings. The Morgan fingerprint density at radius 3 is 2.52 bits per heavy atom. The SMILES string of the molecule is CC(=O)N1Cc2ccc(C(O)c3cccc(C)c3)cc2C1. The van der Waals surface area contributed by atoms with Gasteiger partial charge >= 0.3 is 0 Å². The first-order valence-corrected chi connectivity index (χ1v) is 7.16. The second kappa shape index (κ2) is 5.34. The molecule has 1 unspecified atom stereocenters. The quantitative estimate of drug-likeness (QED) is 0.919. The van der Waals surface area contributed by atoms with E-state index in [4.69, 9.17) is 0 Å². The molecule has 2 aromatic carbocycles. The number of fused-ring (bicyclic) bond motifs is 1. The smallest absolute Gasteiger partial charge is 0.220 e. The maximum atomic E-state index is 11.5. The van der Waals surface area contributed by atoms with Crippen molar-refractivity contribution < 1.29 is 9.90 Å². The molecule has 0 aliphatic carbocycles. The number of aliphatic hydroxyl groups excluding tert-OH is 1. The van der Waals surface area contributed by atoms with Gasteiger partial charge < -0.3 is 10.0 Å². The maximum absolute atomic E-state index is 11.5. The van der Waals surface area contributed by atoms with Crippen LogP contribution in [-0.2, 0) is 17.9 Å². The molecule has 0 bridgehead atoms. The lowest BCUT2D eigenvalue weighted by atomic mass is 9.97. The highest BCUT2D eigenvalue weighted by molar-refractivity contribution is 5.74. The Bertz CT molecular complexity index is 693. The largest absolute Gasteiger partial charge is 0.384 e. The van der Waals surface area contributed by atoms with Crippen molar-refractivity contribution in [2.24, 2.45) is 0 Å². The molecule has 1 aliphatic heterocycles. The van der Waals surface area contributed by atoms with Gasteiger partial charge in [0.2, 0.25) is 5.91 Å². The average molecular weight is 281 g/mol. The predicted octanol–water partition coefficient (Wildman–Crippen LogP) is 2.94. The van der Waals surface area contributed by atoms with Crippen molar-refractivity contribution >= 4 is 5.91 Å².